The number of imidazole rings is 1. The van der Waals surface area contributed by atoms with Crippen LogP contribution in [-0.4, -0.2) is 45.6 Å². The van der Waals surface area contributed by atoms with Crippen molar-refractivity contribution in [3.05, 3.63) is 77.4 Å². The molecular weight excluding hydrogens is 469 g/mol. The average molecular weight is 499 g/mol. The third-order valence-corrected chi connectivity index (χ3v) is 7.27. The van der Waals surface area contributed by atoms with E-state index in [4.69, 9.17) is 4.74 Å². The van der Waals surface area contributed by atoms with E-state index >= 15 is 0 Å². The van der Waals surface area contributed by atoms with Gasteiger partial charge in [0.25, 0.3) is 5.91 Å². The van der Waals surface area contributed by atoms with Crippen molar-refractivity contribution in [2.75, 3.05) is 7.11 Å². The molecule has 5 rings (SSSR count). The smallest absolute Gasteiger partial charge is 0.416 e. The zero-order chi connectivity index (χ0) is 25.4. The molecule has 1 amide bonds. The summed E-state index contributed by atoms with van der Waals surface area (Å²) in [6.45, 7) is 2.40. The van der Waals surface area contributed by atoms with Gasteiger partial charge < -0.3 is 14.6 Å². The highest BCUT2D eigenvalue weighted by Crippen LogP contribution is 2.38. The van der Waals surface area contributed by atoms with Crippen LogP contribution in [0.4, 0.5) is 13.2 Å². The van der Waals surface area contributed by atoms with Crippen LogP contribution >= 0.6 is 0 Å². The predicted molar refractivity (Wildman–Crippen MR) is 129 cm³/mol. The summed E-state index contributed by atoms with van der Waals surface area (Å²) >= 11 is 0. The van der Waals surface area contributed by atoms with Crippen LogP contribution in [0.25, 0.3) is 5.69 Å². The van der Waals surface area contributed by atoms with Gasteiger partial charge in [0, 0.05) is 36.4 Å². The van der Waals surface area contributed by atoms with Crippen molar-refractivity contribution >= 4 is 5.91 Å². The fourth-order valence-corrected chi connectivity index (χ4v) is 5.56. The number of piperidine rings is 1. The lowest BCUT2D eigenvalue weighted by Crippen LogP contribution is -2.50. The Kier molecular flexibility index (Phi) is 6.51. The summed E-state index contributed by atoms with van der Waals surface area (Å²) in [5, 5.41) is 3.18. The zero-order valence-electron chi connectivity index (χ0n) is 20.3. The topological polar surface area (TPSA) is 59.4 Å². The maximum atomic E-state index is 13.1. The molecule has 2 aromatic carbocycles. The van der Waals surface area contributed by atoms with Crippen LogP contribution in [0.2, 0.25) is 0 Å². The highest BCUT2D eigenvalue weighted by molar-refractivity contribution is 5.95. The molecule has 3 aromatic rings. The molecular formula is C27H29F3N4O2. The molecule has 0 spiro atoms. The molecule has 6 nitrogen and oxygen atoms in total. The maximum absolute atomic E-state index is 13.1. The van der Waals surface area contributed by atoms with Crippen LogP contribution in [-0.2, 0) is 12.7 Å². The highest BCUT2D eigenvalue weighted by atomic mass is 19.4. The Bertz CT molecular complexity index is 1240. The van der Waals surface area contributed by atoms with Crippen LogP contribution in [0, 0.1) is 6.92 Å². The Morgan fingerprint density at radius 3 is 2.53 bits per heavy atom. The third kappa shape index (κ3) is 4.97. The van der Waals surface area contributed by atoms with Gasteiger partial charge >= 0.3 is 6.18 Å². The second-order valence-electron chi connectivity index (χ2n) is 9.71. The number of alkyl halides is 3. The number of carbonyl (C=O) groups excluding carboxylic acids is 1. The first-order valence-corrected chi connectivity index (χ1v) is 12.1. The lowest BCUT2D eigenvalue weighted by Gasteiger charge is -2.39. The molecule has 0 radical (unpaired) electrons. The minimum Gasteiger partial charge on any atom is -0.495 e. The van der Waals surface area contributed by atoms with E-state index in [2.05, 4.69) is 15.2 Å². The molecule has 1 N–H and O–H groups in total. The van der Waals surface area contributed by atoms with E-state index < -0.39 is 11.7 Å². The van der Waals surface area contributed by atoms with E-state index in [-0.39, 0.29) is 24.0 Å². The van der Waals surface area contributed by atoms with E-state index in [9.17, 15) is 18.0 Å². The van der Waals surface area contributed by atoms with E-state index in [1.807, 2.05) is 23.8 Å². The number of ether oxygens (including phenoxy) is 1. The van der Waals surface area contributed by atoms with Crippen LogP contribution in [0.15, 0.2) is 55.0 Å². The molecule has 2 aliphatic rings. The van der Waals surface area contributed by atoms with Crippen molar-refractivity contribution in [3.8, 4) is 11.4 Å². The van der Waals surface area contributed by atoms with Crippen LogP contribution in [0.5, 0.6) is 5.75 Å². The molecule has 1 aromatic heterocycles. The second kappa shape index (κ2) is 9.61. The molecule has 2 aliphatic heterocycles. The first-order valence-electron chi connectivity index (χ1n) is 12.1. The Labute approximate surface area is 208 Å². The number of methoxy groups -OCH3 is 1. The SMILES string of the molecule is COc1cc(C(=O)NC2C[C@H]3CC[C@@H](C2)N3Cc2cccc(C(F)(F)F)c2)ccc1-n1cnc(C)c1. The van der Waals surface area contributed by atoms with E-state index in [1.54, 1.807) is 31.6 Å². The predicted octanol–water partition coefficient (Wildman–Crippen LogP) is 5.13. The highest BCUT2D eigenvalue weighted by Gasteiger charge is 2.41. The summed E-state index contributed by atoms with van der Waals surface area (Å²) in [5.41, 5.74) is 2.26. The molecule has 2 fully saturated rings. The number of rotatable bonds is 6. The summed E-state index contributed by atoms with van der Waals surface area (Å²) in [5.74, 6) is 0.424. The number of carbonyl (C=O) groups is 1. The number of hydrogen-bond donors (Lipinski definition) is 1. The number of amides is 1. The summed E-state index contributed by atoms with van der Waals surface area (Å²) in [6, 6.07) is 11.4. The van der Waals surface area contributed by atoms with Crippen molar-refractivity contribution in [1.82, 2.24) is 19.8 Å². The standard InChI is InChI=1S/C27H29F3N4O2/c1-17-14-33(16-31-17)24-9-6-19(11-25(24)36-2)26(35)32-21-12-22-7-8-23(13-21)34(22)15-18-4-3-5-20(10-18)27(28,29)30/h3-6,9-11,14,16,21-23H,7-8,12-13,15H2,1-2H3,(H,32,35)/t21?,22-,23+. The van der Waals surface area contributed by atoms with Gasteiger partial charge in [-0.05, 0) is 62.4 Å². The van der Waals surface area contributed by atoms with E-state index in [0.29, 0.717) is 23.4 Å². The fraction of sp³-hybridized carbons (Fsp3) is 0.407. The molecule has 2 bridgehead atoms. The van der Waals surface area contributed by atoms with Crippen LogP contribution in [0.1, 0.15) is 52.9 Å². The minimum absolute atomic E-state index is 0.0229. The molecule has 2 saturated heterocycles. The molecule has 3 atom stereocenters. The van der Waals surface area contributed by atoms with Gasteiger partial charge in [0.2, 0.25) is 0 Å². The normalized spacial score (nSPS) is 22.0. The Morgan fingerprint density at radius 2 is 1.89 bits per heavy atom. The largest absolute Gasteiger partial charge is 0.495 e. The van der Waals surface area contributed by atoms with Gasteiger partial charge in [-0.15, -0.1) is 0 Å². The van der Waals surface area contributed by atoms with Gasteiger partial charge in [-0.25, -0.2) is 4.98 Å². The average Bonchev–Trinajstić information content (AvgIpc) is 3.37. The lowest BCUT2D eigenvalue weighted by atomic mass is 9.96. The van der Waals surface area contributed by atoms with E-state index in [1.165, 1.54) is 12.1 Å². The Morgan fingerprint density at radius 1 is 1.14 bits per heavy atom. The van der Waals surface area contributed by atoms with Gasteiger partial charge in [0.1, 0.15) is 5.75 Å². The number of benzene rings is 2. The molecule has 0 saturated carbocycles. The van der Waals surface area contributed by atoms with Gasteiger partial charge in [-0.3, -0.25) is 9.69 Å². The number of nitrogens with one attached hydrogen (secondary N) is 1. The van der Waals surface area contributed by atoms with Crippen molar-refractivity contribution in [2.24, 2.45) is 0 Å². The Balaban J connectivity index is 1.24. The lowest BCUT2D eigenvalue weighted by molar-refractivity contribution is -0.137. The van der Waals surface area contributed by atoms with Gasteiger partial charge in [-0.1, -0.05) is 18.2 Å². The van der Waals surface area contributed by atoms with Gasteiger partial charge in [0.15, 0.2) is 0 Å². The molecule has 3 heterocycles. The number of fused-ring (bicyclic) bond motifs is 2. The molecule has 9 heteroatoms. The number of hydrogen-bond acceptors (Lipinski definition) is 4. The van der Waals surface area contributed by atoms with Crippen LogP contribution < -0.4 is 10.1 Å². The molecule has 36 heavy (non-hydrogen) atoms. The molecule has 1 unspecified atom stereocenters. The van der Waals surface area contributed by atoms with Crippen LogP contribution in [0.3, 0.4) is 0 Å². The second-order valence-corrected chi connectivity index (χ2v) is 9.71. The number of nitrogens with zero attached hydrogens (tertiary/aromatic N) is 3. The monoisotopic (exact) mass is 498 g/mol. The number of halogens is 3. The van der Waals surface area contributed by atoms with Crippen molar-refractivity contribution in [3.63, 3.8) is 0 Å². The first kappa shape index (κ1) is 24.4. The van der Waals surface area contributed by atoms with Gasteiger partial charge in [0.05, 0.1) is 30.4 Å². The quantitative estimate of drug-likeness (QED) is 0.512. The summed E-state index contributed by atoms with van der Waals surface area (Å²) in [4.78, 5) is 19.6. The summed E-state index contributed by atoms with van der Waals surface area (Å²) in [6.07, 6.45) is 2.79. The maximum Gasteiger partial charge on any atom is 0.416 e. The molecule has 0 aliphatic carbocycles. The number of aryl methyl sites for hydroxylation is 1. The van der Waals surface area contributed by atoms with E-state index in [0.717, 1.165) is 43.1 Å². The van der Waals surface area contributed by atoms with Crippen molar-refractivity contribution in [1.29, 1.82) is 0 Å². The summed E-state index contributed by atoms with van der Waals surface area (Å²) < 4.78 is 46.7. The number of aromatic nitrogens is 2. The fourth-order valence-electron chi connectivity index (χ4n) is 5.56. The molecule has 190 valence electrons. The van der Waals surface area contributed by atoms with Crippen molar-refractivity contribution in [2.45, 2.75) is 63.5 Å². The Hall–Kier alpha value is -3.33. The first-order chi connectivity index (χ1) is 17.2. The minimum atomic E-state index is -4.34. The zero-order valence-corrected chi connectivity index (χ0v) is 20.3. The third-order valence-electron chi connectivity index (χ3n) is 7.27. The van der Waals surface area contributed by atoms with Gasteiger partial charge in [-0.2, -0.15) is 13.2 Å². The van der Waals surface area contributed by atoms with Crippen molar-refractivity contribution < 1.29 is 22.7 Å². The summed E-state index contributed by atoms with van der Waals surface area (Å²) in [7, 11) is 1.57.